The lowest BCUT2D eigenvalue weighted by atomic mass is 10.3. The lowest BCUT2D eigenvalue weighted by molar-refractivity contribution is -0.115. The number of hydrogen-bond acceptors (Lipinski definition) is 4. The van der Waals surface area contributed by atoms with E-state index in [-0.39, 0.29) is 11.2 Å². The van der Waals surface area contributed by atoms with Gasteiger partial charge in [-0.3, -0.25) is 4.79 Å². The number of para-hydroxylation sites is 2. The molecule has 7 heteroatoms. The number of methoxy groups -OCH3 is 1. The predicted molar refractivity (Wildman–Crippen MR) is 112 cm³/mol. The zero-order valence-electron chi connectivity index (χ0n) is 15.5. The molecule has 0 aliphatic rings. The Morgan fingerprint density at radius 1 is 1.33 bits per heavy atom. The molecule has 0 radical (unpaired) electrons. The van der Waals surface area contributed by atoms with E-state index in [4.69, 9.17) is 21.3 Å². The first-order chi connectivity index (χ1) is 13.0. The number of benzene rings is 2. The minimum atomic E-state index is -0.321. The van der Waals surface area contributed by atoms with Gasteiger partial charge in [-0.15, -0.1) is 0 Å². The van der Waals surface area contributed by atoms with Gasteiger partial charge in [-0.2, -0.15) is 0 Å². The number of amides is 1. The van der Waals surface area contributed by atoms with E-state index in [0.29, 0.717) is 16.5 Å². The van der Waals surface area contributed by atoms with Crippen molar-refractivity contribution in [2.45, 2.75) is 37.2 Å². The minimum Gasteiger partial charge on any atom is -0.495 e. The zero-order chi connectivity index (χ0) is 19.4. The van der Waals surface area contributed by atoms with Crippen molar-refractivity contribution in [3.05, 3.63) is 47.5 Å². The van der Waals surface area contributed by atoms with E-state index in [1.54, 1.807) is 7.11 Å². The van der Waals surface area contributed by atoms with Gasteiger partial charge in [-0.05, 0) is 43.7 Å². The van der Waals surface area contributed by atoms with Gasteiger partial charge in [0.05, 0.1) is 29.1 Å². The van der Waals surface area contributed by atoms with Crippen molar-refractivity contribution in [3.63, 3.8) is 0 Å². The maximum Gasteiger partial charge on any atom is 0.237 e. The van der Waals surface area contributed by atoms with E-state index < -0.39 is 0 Å². The molecule has 2 aromatic carbocycles. The van der Waals surface area contributed by atoms with E-state index >= 15 is 0 Å². The summed E-state index contributed by atoms with van der Waals surface area (Å²) in [4.78, 5) is 17.4. The highest BCUT2D eigenvalue weighted by atomic mass is 35.5. The minimum absolute atomic E-state index is 0.0994. The van der Waals surface area contributed by atoms with Gasteiger partial charge in [0.15, 0.2) is 5.16 Å². The van der Waals surface area contributed by atoms with Gasteiger partial charge in [-0.1, -0.05) is 42.4 Å². The third-order valence-electron chi connectivity index (χ3n) is 4.14. The number of carbonyl (C=O) groups excluding carboxylic acids is 1. The summed E-state index contributed by atoms with van der Waals surface area (Å²) in [5.41, 5.74) is 2.53. The summed E-state index contributed by atoms with van der Waals surface area (Å²) in [5, 5.41) is 4.08. The largest absolute Gasteiger partial charge is 0.495 e. The monoisotopic (exact) mass is 403 g/mol. The fourth-order valence-corrected chi connectivity index (χ4v) is 3.92. The van der Waals surface area contributed by atoms with Gasteiger partial charge in [0.1, 0.15) is 5.75 Å². The Kier molecular flexibility index (Phi) is 6.29. The number of nitrogens with one attached hydrogen (secondary N) is 1. The number of aromatic nitrogens is 2. The first kappa shape index (κ1) is 19.6. The highest BCUT2D eigenvalue weighted by Crippen LogP contribution is 2.30. The molecule has 3 aromatic rings. The molecule has 3 rings (SSSR count). The van der Waals surface area contributed by atoms with Crippen LogP contribution in [0.25, 0.3) is 11.0 Å². The number of imidazole rings is 1. The molecule has 1 heterocycles. The van der Waals surface area contributed by atoms with Gasteiger partial charge in [0.2, 0.25) is 5.91 Å². The normalized spacial score (nSPS) is 12.1. The number of ether oxygens (including phenoxy) is 1. The van der Waals surface area contributed by atoms with Crippen LogP contribution in [0, 0.1) is 0 Å². The van der Waals surface area contributed by atoms with Crippen LogP contribution in [0.4, 0.5) is 5.69 Å². The number of rotatable bonds is 7. The van der Waals surface area contributed by atoms with Crippen LogP contribution in [0.15, 0.2) is 47.6 Å². The molecule has 0 saturated heterocycles. The van der Waals surface area contributed by atoms with Crippen molar-refractivity contribution in [2.75, 3.05) is 12.4 Å². The first-order valence-electron chi connectivity index (χ1n) is 8.79. The summed E-state index contributed by atoms with van der Waals surface area (Å²) in [6.45, 7) is 4.83. The van der Waals surface area contributed by atoms with E-state index in [9.17, 15) is 4.79 Å². The van der Waals surface area contributed by atoms with Crippen LogP contribution in [0.2, 0.25) is 5.02 Å². The molecule has 1 N–H and O–H groups in total. The van der Waals surface area contributed by atoms with Gasteiger partial charge < -0.3 is 14.6 Å². The van der Waals surface area contributed by atoms with Gasteiger partial charge in [0.25, 0.3) is 0 Å². The van der Waals surface area contributed by atoms with E-state index in [2.05, 4.69) is 16.8 Å². The summed E-state index contributed by atoms with van der Waals surface area (Å²) in [7, 11) is 1.58. The maximum atomic E-state index is 12.7. The van der Waals surface area contributed by atoms with Crippen molar-refractivity contribution >= 4 is 46.0 Å². The van der Waals surface area contributed by atoms with Crippen molar-refractivity contribution in [1.82, 2.24) is 9.55 Å². The SMILES string of the molecule is CCCn1c(SC(C)C(=O)Nc2ccccc2OC)nc2cc(Cl)ccc21. The highest BCUT2D eigenvalue weighted by molar-refractivity contribution is 8.00. The molecule has 0 bridgehead atoms. The van der Waals surface area contributed by atoms with E-state index in [1.807, 2.05) is 49.4 Å². The number of aryl methyl sites for hydroxylation is 1. The third-order valence-corrected chi connectivity index (χ3v) is 5.46. The quantitative estimate of drug-likeness (QED) is 0.549. The molecule has 0 spiro atoms. The summed E-state index contributed by atoms with van der Waals surface area (Å²) in [5.74, 6) is 0.536. The second-order valence-corrected chi connectivity index (χ2v) is 7.87. The van der Waals surface area contributed by atoms with Crippen LogP contribution in [0.3, 0.4) is 0 Å². The summed E-state index contributed by atoms with van der Waals surface area (Å²) in [6, 6.07) is 13.1. The zero-order valence-corrected chi connectivity index (χ0v) is 17.1. The molecule has 1 atom stereocenters. The maximum absolute atomic E-state index is 12.7. The highest BCUT2D eigenvalue weighted by Gasteiger charge is 2.20. The average molecular weight is 404 g/mol. The first-order valence-corrected chi connectivity index (χ1v) is 10.1. The molecular weight excluding hydrogens is 382 g/mol. The van der Waals surface area contributed by atoms with Crippen molar-refractivity contribution < 1.29 is 9.53 Å². The Morgan fingerprint density at radius 2 is 2.11 bits per heavy atom. The molecule has 0 saturated carbocycles. The Bertz CT molecular complexity index is 958. The van der Waals surface area contributed by atoms with Crippen LogP contribution >= 0.6 is 23.4 Å². The van der Waals surface area contributed by atoms with Crippen LogP contribution in [0.5, 0.6) is 5.75 Å². The number of halogens is 1. The number of thioether (sulfide) groups is 1. The van der Waals surface area contributed by atoms with Gasteiger partial charge >= 0.3 is 0 Å². The standard InChI is InChI=1S/C20H22ClN3O2S/c1-4-11-24-17-10-9-14(21)12-16(17)23-20(24)27-13(2)19(25)22-15-7-5-6-8-18(15)26-3/h5-10,12-13H,4,11H2,1-3H3,(H,22,25). The summed E-state index contributed by atoms with van der Waals surface area (Å²) >= 11 is 7.54. The van der Waals surface area contributed by atoms with Crippen LogP contribution in [-0.4, -0.2) is 27.8 Å². The Hall–Kier alpha value is -2.18. The molecule has 1 unspecified atom stereocenters. The fraction of sp³-hybridized carbons (Fsp3) is 0.300. The molecule has 0 aliphatic carbocycles. The summed E-state index contributed by atoms with van der Waals surface area (Å²) in [6.07, 6.45) is 0.976. The average Bonchev–Trinajstić information content (AvgIpc) is 2.98. The molecule has 1 aromatic heterocycles. The lowest BCUT2D eigenvalue weighted by Crippen LogP contribution is -2.23. The van der Waals surface area contributed by atoms with Crippen molar-refractivity contribution in [3.8, 4) is 5.75 Å². The van der Waals surface area contributed by atoms with E-state index in [0.717, 1.165) is 29.2 Å². The molecule has 1 amide bonds. The molecular formula is C20H22ClN3O2S. The predicted octanol–water partition coefficient (Wildman–Crippen LogP) is 5.23. The third kappa shape index (κ3) is 4.39. The Balaban J connectivity index is 1.81. The second-order valence-electron chi connectivity index (χ2n) is 6.13. The van der Waals surface area contributed by atoms with Crippen LogP contribution in [0.1, 0.15) is 20.3 Å². The molecule has 27 heavy (non-hydrogen) atoms. The van der Waals surface area contributed by atoms with Crippen molar-refractivity contribution in [1.29, 1.82) is 0 Å². The number of carbonyl (C=O) groups is 1. The van der Waals surface area contributed by atoms with Gasteiger partial charge in [-0.25, -0.2) is 4.98 Å². The smallest absolute Gasteiger partial charge is 0.237 e. The number of fused-ring (bicyclic) bond motifs is 1. The summed E-state index contributed by atoms with van der Waals surface area (Å²) < 4.78 is 7.44. The molecule has 0 fully saturated rings. The van der Waals surface area contributed by atoms with Crippen LogP contribution in [-0.2, 0) is 11.3 Å². The fourth-order valence-electron chi connectivity index (χ4n) is 2.80. The second kappa shape index (κ2) is 8.67. The number of hydrogen-bond donors (Lipinski definition) is 1. The van der Waals surface area contributed by atoms with E-state index in [1.165, 1.54) is 11.8 Å². The number of anilines is 1. The molecule has 142 valence electrons. The van der Waals surface area contributed by atoms with Gasteiger partial charge in [0, 0.05) is 11.6 Å². The number of nitrogens with zero attached hydrogens (tertiary/aromatic N) is 2. The van der Waals surface area contributed by atoms with Crippen molar-refractivity contribution in [2.24, 2.45) is 0 Å². The Morgan fingerprint density at radius 3 is 2.85 bits per heavy atom. The van der Waals surface area contributed by atoms with Crippen LogP contribution < -0.4 is 10.1 Å². The lowest BCUT2D eigenvalue weighted by Gasteiger charge is -2.14. The Labute approximate surface area is 168 Å². The topological polar surface area (TPSA) is 56.2 Å². The molecule has 5 nitrogen and oxygen atoms in total. The molecule has 0 aliphatic heterocycles.